The van der Waals surface area contributed by atoms with Crippen molar-refractivity contribution in [2.75, 3.05) is 37.7 Å². The lowest BCUT2D eigenvalue weighted by Crippen LogP contribution is -2.50. The summed E-state index contributed by atoms with van der Waals surface area (Å²) >= 11 is 2.10. The van der Waals surface area contributed by atoms with Gasteiger partial charge in [0.1, 0.15) is 0 Å². The minimum atomic E-state index is 0.482. The predicted octanol–water partition coefficient (Wildman–Crippen LogP) is 0.989. The first kappa shape index (κ1) is 12.3. The summed E-state index contributed by atoms with van der Waals surface area (Å²) < 4.78 is 0. The maximum Gasteiger partial charge on any atom is 0.0115 e. The van der Waals surface area contributed by atoms with Crippen molar-refractivity contribution < 1.29 is 0 Å². The zero-order valence-corrected chi connectivity index (χ0v) is 11.5. The van der Waals surface area contributed by atoms with Gasteiger partial charge in [-0.15, -0.1) is 0 Å². The van der Waals surface area contributed by atoms with Crippen molar-refractivity contribution >= 4 is 11.8 Å². The van der Waals surface area contributed by atoms with Crippen LogP contribution >= 0.6 is 11.8 Å². The highest BCUT2D eigenvalue weighted by molar-refractivity contribution is 7.99. The highest BCUT2D eigenvalue weighted by Gasteiger charge is 2.39. The molecule has 98 valence electrons. The molecular formula is C13H25N3S. The molecule has 17 heavy (non-hydrogen) atoms. The van der Waals surface area contributed by atoms with Gasteiger partial charge in [0.15, 0.2) is 0 Å². The summed E-state index contributed by atoms with van der Waals surface area (Å²) in [6.45, 7) is 5.16. The number of nitrogens with two attached hydrogens (primary N) is 1. The second kappa shape index (κ2) is 5.47. The van der Waals surface area contributed by atoms with Gasteiger partial charge in [-0.1, -0.05) is 0 Å². The van der Waals surface area contributed by atoms with E-state index in [1.54, 1.807) is 0 Å². The summed E-state index contributed by atoms with van der Waals surface area (Å²) in [6, 6.07) is 2.10. The minimum Gasteiger partial charge on any atom is -0.328 e. The predicted molar refractivity (Wildman–Crippen MR) is 74.5 cm³/mol. The van der Waals surface area contributed by atoms with E-state index < -0.39 is 0 Å². The molecule has 2 bridgehead atoms. The van der Waals surface area contributed by atoms with E-state index in [1.807, 2.05) is 0 Å². The van der Waals surface area contributed by atoms with Gasteiger partial charge in [-0.3, -0.25) is 4.90 Å². The van der Waals surface area contributed by atoms with Crippen molar-refractivity contribution in [2.45, 2.75) is 43.8 Å². The quantitative estimate of drug-likeness (QED) is 0.815. The normalized spacial score (nSPS) is 39.7. The molecule has 3 fully saturated rings. The van der Waals surface area contributed by atoms with E-state index in [4.69, 9.17) is 5.73 Å². The molecule has 0 aromatic heterocycles. The summed E-state index contributed by atoms with van der Waals surface area (Å²) in [5.74, 6) is 2.66. The molecule has 0 aromatic carbocycles. The Kier molecular flexibility index (Phi) is 3.95. The molecule has 4 heteroatoms. The van der Waals surface area contributed by atoms with Gasteiger partial charge in [-0.05, 0) is 25.7 Å². The van der Waals surface area contributed by atoms with Crippen molar-refractivity contribution in [3.63, 3.8) is 0 Å². The zero-order chi connectivity index (χ0) is 11.7. The maximum atomic E-state index is 6.12. The minimum absolute atomic E-state index is 0.482. The molecule has 3 rings (SSSR count). The lowest BCUT2D eigenvalue weighted by molar-refractivity contribution is 0.111. The first-order chi connectivity index (χ1) is 8.33. The highest BCUT2D eigenvalue weighted by Crippen LogP contribution is 2.34. The van der Waals surface area contributed by atoms with E-state index in [1.165, 1.54) is 63.4 Å². The van der Waals surface area contributed by atoms with Gasteiger partial charge < -0.3 is 10.6 Å². The van der Waals surface area contributed by atoms with E-state index in [9.17, 15) is 0 Å². The molecule has 2 N–H and O–H groups in total. The zero-order valence-electron chi connectivity index (χ0n) is 10.7. The van der Waals surface area contributed by atoms with Gasteiger partial charge >= 0.3 is 0 Å². The first-order valence-corrected chi connectivity index (χ1v) is 8.30. The maximum absolute atomic E-state index is 6.12. The van der Waals surface area contributed by atoms with Crippen LogP contribution in [-0.2, 0) is 0 Å². The third-order valence-corrected chi connectivity index (χ3v) is 5.64. The molecule has 3 heterocycles. The second-order valence-corrected chi connectivity index (χ2v) is 7.03. The number of hydrogen-bond donors (Lipinski definition) is 1. The van der Waals surface area contributed by atoms with Crippen LogP contribution in [0, 0.1) is 0 Å². The van der Waals surface area contributed by atoms with Crippen LogP contribution in [0.3, 0.4) is 0 Å². The average molecular weight is 255 g/mol. The molecule has 0 aromatic rings. The number of piperidine rings is 1. The van der Waals surface area contributed by atoms with Crippen molar-refractivity contribution in [1.82, 2.24) is 9.80 Å². The van der Waals surface area contributed by atoms with E-state index >= 15 is 0 Å². The third-order valence-electron chi connectivity index (χ3n) is 4.70. The monoisotopic (exact) mass is 255 g/mol. The summed E-state index contributed by atoms with van der Waals surface area (Å²) in [4.78, 5) is 5.41. The van der Waals surface area contributed by atoms with Gasteiger partial charge in [0.25, 0.3) is 0 Å². The molecule has 0 radical (unpaired) electrons. The Balaban J connectivity index is 1.48. The molecule has 0 spiro atoms. The lowest BCUT2D eigenvalue weighted by Gasteiger charge is -2.39. The number of nitrogens with zero attached hydrogens (tertiary/aromatic N) is 2. The van der Waals surface area contributed by atoms with Crippen LogP contribution in [0.5, 0.6) is 0 Å². The number of thioether (sulfide) groups is 1. The summed E-state index contributed by atoms with van der Waals surface area (Å²) in [5.41, 5.74) is 6.12. The molecular weight excluding hydrogens is 230 g/mol. The van der Waals surface area contributed by atoms with E-state index in [0.717, 1.165) is 12.1 Å². The molecule has 3 aliphatic heterocycles. The van der Waals surface area contributed by atoms with Gasteiger partial charge in [-0.2, -0.15) is 11.8 Å². The fourth-order valence-electron chi connectivity index (χ4n) is 3.76. The number of hydrogen-bond acceptors (Lipinski definition) is 4. The Morgan fingerprint density at radius 2 is 1.65 bits per heavy atom. The Labute approximate surface area is 109 Å². The van der Waals surface area contributed by atoms with Crippen LogP contribution in [0.1, 0.15) is 25.7 Å². The lowest BCUT2D eigenvalue weighted by atomic mass is 9.98. The van der Waals surface area contributed by atoms with E-state index in [2.05, 4.69) is 21.6 Å². The second-order valence-electron chi connectivity index (χ2n) is 5.81. The molecule has 3 nitrogen and oxygen atoms in total. The Morgan fingerprint density at radius 1 is 1.00 bits per heavy atom. The molecule has 2 atom stereocenters. The molecule has 3 aliphatic rings. The fourth-order valence-corrected chi connectivity index (χ4v) is 4.74. The van der Waals surface area contributed by atoms with Crippen molar-refractivity contribution in [3.05, 3.63) is 0 Å². The number of rotatable bonds is 3. The van der Waals surface area contributed by atoms with Crippen LogP contribution in [0.2, 0.25) is 0 Å². The summed E-state index contributed by atoms with van der Waals surface area (Å²) in [6.07, 6.45) is 5.28. The summed E-state index contributed by atoms with van der Waals surface area (Å²) in [5, 5.41) is 0. The Hall–Kier alpha value is 0.230. The van der Waals surface area contributed by atoms with Gasteiger partial charge in [0.05, 0.1) is 0 Å². The van der Waals surface area contributed by atoms with Crippen LogP contribution < -0.4 is 5.73 Å². The first-order valence-electron chi connectivity index (χ1n) is 7.14. The largest absolute Gasteiger partial charge is 0.328 e. The smallest absolute Gasteiger partial charge is 0.0115 e. The van der Waals surface area contributed by atoms with Gasteiger partial charge in [-0.25, -0.2) is 0 Å². The van der Waals surface area contributed by atoms with Crippen molar-refractivity contribution in [3.8, 4) is 0 Å². The van der Waals surface area contributed by atoms with Crippen molar-refractivity contribution in [2.24, 2.45) is 5.73 Å². The van der Waals surface area contributed by atoms with Crippen LogP contribution in [0.15, 0.2) is 0 Å². The van der Waals surface area contributed by atoms with Crippen LogP contribution in [-0.4, -0.2) is 65.6 Å². The molecule has 0 amide bonds. The van der Waals surface area contributed by atoms with E-state index in [-0.39, 0.29) is 0 Å². The van der Waals surface area contributed by atoms with Gasteiger partial charge in [0.2, 0.25) is 0 Å². The fraction of sp³-hybridized carbons (Fsp3) is 1.00. The summed E-state index contributed by atoms with van der Waals surface area (Å²) in [7, 11) is 0. The molecule has 0 aliphatic carbocycles. The highest BCUT2D eigenvalue weighted by atomic mass is 32.2. The van der Waals surface area contributed by atoms with Crippen LogP contribution in [0.25, 0.3) is 0 Å². The number of fused-ring (bicyclic) bond motifs is 2. The van der Waals surface area contributed by atoms with Crippen LogP contribution in [0.4, 0.5) is 0 Å². The third kappa shape index (κ3) is 2.80. The van der Waals surface area contributed by atoms with Gasteiger partial charge in [0, 0.05) is 55.8 Å². The molecule has 3 saturated heterocycles. The standard InChI is InChI=1S/C13H25N3S/c14-11-9-12-1-2-13(10-11)16(12)4-3-15-5-7-17-8-6-15/h11-13H,1-10,14H2. The molecule has 2 unspecified atom stereocenters. The molecule has 0 saturated carbocycles. The van der Waals surface area contributed by atoms with Crippen molar-refractivity contribution in [1.29, 1.82) is 0 Å². The van der Waals surface area contributed by atoms with E-state index in [0.29, 0.717) is 6.04 Å². The Morgan fingerprint density at radius 3 is 2.29 bits per heavy atom. The topological polar surface area (TPSA) is 32.5 Å². The SMILES string of the molecule is NC1CC2CCC(C1)N2CCN1CCSCC1. The average Bonchev–Trinajstić information content (AvgIpc) is 2.59. The Bertz CT molecular complexity index is 241.